The predicted molar refractivity (Wildman–Crippen MR) is 118 cm³/mol. The Morgan fingerprint density at radius 1 is 1.08 bits per heavy atom. The summed E-state index contributed by atoms with van der Waals surface area (Å²) in [6.45, 7) is 4.52. The average molecular weight is 532 g/mol. The van der Waals surface area contributed by atoms with Crippen LogP contribution in [0.4, 0.5) is 38.0 Å². The summed E-state index contributed by atoms with van der Waals surface area (Å²) in [7, 11) is 0. The molecule has 0 aliphatic carbocycles. The SMILES string of the molecule is C[C@@H](CO[C@H](C)c1cc2n(n1)CCN(c1ncc(C(F)(F)F)cn1)C2)Nc1cn[nH]c(=O)c1C(F)(F)F. The van der Waals surface area contributed by atoms with Crippen molar-refractivity contribution in [1.82, 2.24) is 29.9 Å². The van der Waals surface area contributed by atoms with E-state index in [1.165, 1.54) is 0 Å². The molecule has 0 fully saturated rings. The molecule has 3 aromatic heterocycles. The van der Waals surface area contributed by atoms with Crippen molar-refractivity contribution < 1.29 is 31.1 Å². The first-order chi connectivity index (χ1) is 17.3. The van der Waals surface area contributed by atoms with Crippen LogP contribution in [-0.2, 0) is 30.2 Å². The van der Waals surface area contributed by atoms with Gasteiger partial charge in [-0.3, -0.25) is 9.48 Å². The van der Waals surface area contributed by atoms with Crippen LogP contribution in [0.5, 0.6) is 0 Å². The Morgan fingerprint density at radius 3 is 2.43 bits per heavy atom. The van der Waals surface area contributed by atoms with Crippen molar-refractivity contribution in [2.24, 2.45) is 0 Å². The largest absolute Gasteiger partial charge is 0.423 e. The molecule has 0 saturated heterocycles. The van der Waals surface area contributed by atoms with Crippen molar-refractivity contribution in [3.05, 3.63) is 57.5 Å². The molecule has 0 amide bonds. The molecular formula is C21H22F6N8O2. The van der Waals surface area contributed by atoms with Crippen molar-refractivity contribution in [2.75, 3.05) is 23.4 Å². The van der Waals surface area contributed by atoms with Gasteiger partial charge in [0.1, 0.15) is 5.56 Å². The van der Waals surface area contributed by atoms with Crippen molar-refractivity contribution >= 4 is 11.6 Å². The van der Waals surface area contributed by atoms with E-state index < -0.39 is 46.9 Å². The van der Waals surface area contributed by atoms with Crippen molar-refractivity contribution in [3.63, 3.8) is 0 Å². The van der Waals surface area contributed by atoms with Crippen LogP contribution in [0.15, 0.2) is 29.5 Å². The molecule has 0 spiro atoms. The van der Waals surface area contributed by atoms with Crippen LogP contribution in [0.3, 0.4) is 0 Å². The van der Waals surface area contributed by atoms with E-state index in [4.69, 9.17) is 4.74 Å². The number of rotatable bonds is 7. The van der Waals surface area contributed by atoms with E-state index >= 15 is 0 Å². The molecule has 4 rings (SSSR count). The van der Waals surface area contributed by atoms with Gasteiger partial charge < -0.3 is 15.0 Å². The second-order valence-corrected chi connectivity index (χ2v) is 8.48. The monoisotopic (exact) mass is 532 g/mol. The molecule has 37 heavy (non-hydrogen) atoms. The summed E-state index contributed by atoms with van der Waals surface area (Å²) in [5, 5.41) is 12.3. The Labute approximate surface area is 205 Å². The van der Waals surface area contributed by atoms with Crippen LogP contribution in [0.1, 0.15) is 42.5 Å². The van der Waals surface area contributed by atoms with E-state index in [0.29, 0.717) is 25.3 Å². The second-order valence-electron chi connectivity index (χ2n) is 8.48. The van der Waals surface area contributed by atoms with Crippen molar-refractivity contribution in [3.8, 4) is 0 Å². The topological polar surface area (TPSA) is 114 Å². The molecular weight excluding hydrogens is 510 g/mol. The lowest BCUT2D eigenvalue weighted by Crippen LogP contribution is -2.35. The third-order valence-corrected chi connectivity index (χ3v) is 5.62. The molecule has 0 unspecified atom stereocenters. The zero-order valence-corrected chi connectivity index (χ0v) is 19.6. The first kappa shape index (κ1) is 26.4. The maximum absolute atomic E-state index is 13.2. The van der Waals surface area contributed by atoms with Gasteiger partial charge in [0.15, 0.2) is 0 Å². The van der Waals surface area contributed by atoms with Gasteiger partial charge in [0.05, 0.1) is 54.6 Å². The first-order valence-electron chi connectivity index (χ1n) is 11.1. The molecule has 0 bridgehead atoms. The second kappa shape index (κ2) is 9.99. The van der Waals surface area contributed by atoms with Gasteiger partial charge in [-0.15, -0.1) is 0 Å². The van der Waals surface area contributed by atoms with Gasteiger partial charge in [0.25, 0.3) is 5.56 Å². The number of alkyl halides is 6. The van der Waals surface area contributed by atoms with Crippen LogP contribution in [0.2, 0.25) is 0 Å². The highest BCUT2D eigenvalue weighted by molar-refractivity contribution is 5.50. The smallest absolute Gasteiger partial charge is 0.378 e. The molecule has 0 saturated carbocycles. The van der Waals surface area contributed by atoms with Crippen LogP contribution in [-0.4, -0.2) is 49.1 Å². The minimum atomic E-state index is -4.86. The number of nitrogens with one attached hydrogen (secondary N) is 2. The Bertz CT molecular complexity index is 1290. The Morgan fingerprint density at radius 2 is 1.78 bits per heavy atom. The van der Waals surface area contributed by atoms with E-state index in [2.05, 4.69) is 25.5 Å². The molecule has 0 aromatic carbocycles. The zero-order valence-electron chi connectivity index (χ0n) is 19.6. The number of nitrogens with zero attached hydrogens (tertiary/aromatic N) is 6. The van der Waals surface area contributed by atoms with Crippen LogP contribution >= 0.6 is 0 Å². The van der Waals surface area contributed by atoms with E-state index in [0.717, 1.165) is 24.3 Å². The molecule has 0 radical (unpaired) electrons. The normalized spacial score (nSPS) is 15.8. The number of anilines is 2. The summed E-state index contributed by atoms with van der Waals surface area (Å²) in [4.78, 5) is 21.0. The molecule has 2 atom stereocenters. The fourth-order valence-electron chi connectivity index (χ4n) is 3.76. The molecule has 10 nitrogen and oxygen atoms in total. The van der Waals surface area contributed by atoms with Gasteiger partial charge in [-0.2, -0.15) is 36.5 Å². The molecule has 200 valence electrons. The maximum Gasteiger partial charge on any atom is 0.423 e. The van der Waals surface area contributed by atoms with Crippen molar-refractivity contribution in [1.29, 1.82) is 0 Å². The van der Waals surface area contributed by atoms with Gasteiger partial charge in [-0.05, 0) is 19.9 Å². The molecule has 1 aliphatic heterocycles. The molecule has 16 heteroatoms. The highest BCUT2D eigenvalue weighted by Gasteiger charge is 2.37. The summed E-state index contributed by atoms with van der Waals surface area (Å²) < 4.78 is 85.5. The molecule has 3 aromatic rings. The Kier molecular flexibility index (Phi) is 7.12. The fraction of sp³-hybridized carbons (Fsp3) is 0.476. The number of ether oxygens (including phenoxy) is 1. The maximum atomic E-state index is 13.2. The summed E-state index contributed by atoms with van der Waals surface area (Å²) >= 11 is 0. The number of fused-ring (bicyclic) bond motifs is 1. The number of aromatic nitrogens is 6. The van der Waals surface area contributed by atoms with Crippen LogP contribution < -0.4 is 15.8 Å². The van der Waals surface area contributed by atoms with E-state index in [1.54, 1.807) is 34.6 Å². The summed E-state index contributed by atoms with van der Waals surface area (Å²) in [6.07, 6.45) is -7.53. The third-order valence-electron chi connectivity index (χ3n) is 5.62. The predicted octanol–water partition coefficient (Wildman–Crippen LogP) is 3.39. The van der Waals surface area contributed by atoms with E-state index in [-0.39, 0.29) is 12.6 Å². The highest BCUT2D eigenvalue weighted by atomic mass is 19.4. The van der Waals surface area contributed by atoms with Gasteiger partial charge in [0, 0.05) is 25.0 Å². The van der Waals surface area contributed by atoms with E-state index in [1.807, 2.05) is 0 Å². The highest BCUT2D eigenvalue weighted by Crippen LogP contribution is 2.32. The lowest BCUT2D eigenvalue weighted by atomic mass is 10.2. The van der Waals surface area contributed by atoms with Gasteiger partial charge >= 0.3 is 12.4 Å². The number of hydrogen-bond acceptors (Lipinski definition) is 8. The summed E-state index contributed by atoms with van der Waals surface area (Å²) in [5.74, 6) is 0.165. The summed E-state index contributed by atoms with van der Waals surface area (Å²) in [6, 6.07) is 1.18. The number of halogens is 6. The Balaban J connectivity index is 1.36. The van der Waals surface area contributed by atoms with E-state index in [9.17, 15) is 31.1 Å². The Hall–Kier alpha value is -3.69. The average Bonchev–Trinajstić information content (AvgIpc) is 3.25. The first-order valence-corrected chi connectivity index (χ1v) is 11.1. The van der Waals surface area contributed by atoms with Crippen molar-refractivity contribution in [2.45, 2.75) is 51.4 Å². The number of H-pyrrole nitrogens is 1. The fourth-order valence-corrected chi connectivity index (χ4v) is 3.76. The van der Waals surface area contributed by atoms with Crippen LogP contribution in [0.25, 0.3) is 0 Å². The number of aromatic amines is 1. The summed E-state index contributed by atoms with van der Waals surface area (Å²) in [5.41, 5.74) is -2.76. The van der Waals surface area contributed by atoms with Gasteiger partial charge in [-0.1, -0.05) is 0 Å². The molecule has 1 aliphatic rings. The quantitative estimate of drug-likeness (QED) is 0.446. The standard InChI is InChI=1S/C21H22F6N8O2/c1-11(31-16-8-30-32-18(36)17(16)21(25,26)27)10-37-12(2)15-5-14-9-34(3-4-35(14)33-15)19-28-6-13(7-29-19)20(22,23)24/h5-8,11-12H,3-4,9-10H2,1-2H3,(H2,31,32,36)/t11-,12+/m0/s1. The zero-order chi connectivity index (χ0) is 27.0. The third kappa shape index (κ3) is 6.00. The minimum absolute atomic E-state index is 0.00102. The molecule has 4 heterocycles. The van der Waals surface area contributed by atoms with Crippen LogP contribution in [0, 0.1) is 0 Å². The van der Waals surface area contributed by atoms with Gasteiger partial charge in [0.2, 0.25) is 5.95 Å². The minimum Gasteiger partial charge on any atom is -0.378 e. The number of hydrogen-bond donors (Lipinski definition) is 2. The lowest BCUT2D eigenvalue weighted by Gasteiger charge is -2.27. The molecule has 2 N–H and O–H groups in total. The lowest BCUT2D eigenvalue weighted by molar-refractivity contribution is -0.139. The van der Waals surface area contributed by atoms with Gasteiger partial charge in [-0.25, -0.2) is 15.1 Å².